The molecular formula is C15H32N2. The van der Waals surface area contributed by atoms with Crippen molar-refractivity contribution >= 4 is 0 Å². The first-order valence-corrected chi connectivity index (χ1v) is 7.61. The molecule has 1 atom stereocenters. The lowest BCUT2D eigenvalue weighted by Gasteiger charge is -2.34. The minimum atomic E-state index is 0.616. The predicted molar refractivity (Wildman–Crippen MR) is 76.1 cm³/mol. The van der Waals surface area contributed by atoms with Crippen LogP contribution in [0.25, 0.3) is 0 Å². The van der Waals surface area contributed by atoms with Gasteiger partial charge in [-0.15, -0.1) is 0 Å². The molecule has 1 fully saturated rings. The van der Waals surface area contributed by atoms with Crippen LogP contribution >= 0.6 is 0 Å². The molecule has 0 aliphatic heterocycles. The van der Waals surface area contributed by atoms with Crippen molar-refractivity contribution in [1.82, 2.24) is 4.90 Å². The van der Waals surface area contributed by atoms with Crippen molar-refractivity contribution in [1.29, 1.82) is 0 Å². The molecule has 102 valence electrons. The summed E-state index contributed by atoms with van der Waals surface area (Å²) in [7, 11) is 0. The summed E-state index contributed by atoms with van der Waals surface area (Å²) in [6.07, 6.45) is 8.55. The molecule has 0 radical (unpaired) electrons. The maximum absolute atomic E-state index is 6.00. The first-order chi connectivity index (χ1) is 8.17. The SMILES string of the molecule is CCN(CC(C)C)C(CN)CC1CCCCC1. The van der Waals surface area contributed by atoms with Crippen LogP contribution in [0.1, 0.15) is 59.3 Å². The van der Waals surface area contributed by atoms with E-state index in [1.165, 1.54) is 45.1 Å². The quantitative estimate of drug-likeness (QED) is 0.740. The van der Waals surface area contributed by atoms with Gasteiger partial charge < -0.3 is 5.73 Å². The number of nitrogens with zero attached hydrogens (tertiary/aromatic N) is 1. The normalized spacial score (nSPS) is 20.1. The molecule has 1 rings (SSSR count). The van der Waals surface area contributed by atoms with Crippen LogP contribution in [0.15, 0.2) is 0 Å². The molecule has 2 heteroatoms. The Kier molecular flexibility index (Phi) is 7.14. The highest BCUT2D eigenvalue weighted by atomic mass is 15.2. The summed E-state index contributed by atoms with van der Waals surface area (Å²) in [5.74, 6) is 1.69. The zero-order valence-electron chi connectivity index (χ0n) is 12.1. The smallest absolute Gasteiger partial charge is 0.0221 e. The van der Waals surface area contributed by atoms with Gasteiger partial charge in [0, 0.05) is 19.1 Å². The molecule has 1 saturated carbocycles. The minimum absolute atomic E-state index is 0.616. The van der Waals surface area contributed by atoms with Gasteiger partial charge in [0.15, 0.2) is 0 Å². The lowest BCUT2D eigenvalue weighted by Crippen LogP contribution is -2.43. The molecule has 0 heterocycles. The summed E-state index contributed by atoms with van der Waals surface area (Å²) in [6.45, 7) is 10.1. The van der Waals surface area contributed by atoms with Crippen LogP contribution in [0, 0.1) is 11.8 Å². The predicted octanol–water partition coefficient (Wildman–Crippen LogP) is 3.26. The molecular weight excluding hydrogens is 208 g/mol. The summed E-state index contributed by atoms with van der Waals surface area (Å²) >= 11 is 0. The Balaban J connectivity index is 2.43. The van der Waals surface area contributed by atoms with E-state index < -0.39 is 0 Å². The Labute approximate surface area is 108 Å². The summed E-state index contributed by atoms with van der Waals surface area (Å²) < 4.78 is 0. The van der Waals surface area contributed by atoms with E-state index in [4.69, 9.17) is 5.73 Å². The van der Waals surface area contributed by atoms with Gasteiger partial charge in [0.2, 0.25) is 0 Å². The number of rotatable bonds is 7. The van der Waals surface area contributed by atoms with Crippen LogP contribution < -0.4 is 5.73 Å². The zero-order chi connectivity index (χ0) is 12.7. The topological polar surface area (TPSA) is 29.3 Å². The van der Waals surface area contributed by atoms with Crippen molar-refractivity contribution < 1.29 is 0 Å². The van der Waals surface area contributed by atoms with Crippen molar-refractivity contribution in [3.8, 4) is 0 Å². The highest BCUT2D eigenvalue weighted by Gasteiger charge is 2.22. The standard InChI is InChI=1S/C15H32N2/c1-4-17(12-13(2)3)15(11-16)10-14-8-6-5-7-9-14/h13-15H,4-12,16H2,1-3H3. The van der Waals surface area contributed by atoms with Gasteiger partial charge in [-0.3, -0.25) is 4.90 Å². The third-order valence-corrected chi connectivity index (χ3v) is 4.12. The fraction of sp³-hybridized carbons (Fsp3) is 1.00. The van der Waals surface area contributed by atoms with E-state index in [1.807, 2.05) is 0 Å². The third-order valence-electron chi connectivity index (χ3n) is 4.12. The number of hydrogen-bond donors (Lipinski definition) is 1. The van der Waals surface area contributed by atoms with Gasteiger partial charge in [0.25, 0.3) is 0 Å². The van der Waals surface area contributed by atoms with Crippen molar-refractivity contribution in [3.05, 3.63) is 0 Å². The molecule has 17 heavy (non-hydrogen) atoms. The Bertz CT molecular complexity index is 185. The lowest BCUT2D eigenvalue weighted by molar-refractivity contribution is 0.151. The van der Waals surface area contributed by atoms with Gasteiger partial charge in [-0.2, -0.15) is 0 Å². The van der Waals surface area contributed by atoms with E-state index in [9.17, 15) is 0 Å². The Hall–Kier alpha value is -0.0800. The summed E-state index contributed by atoms with van der Waals surface area (Å²) in [5.41, 5.74) is 6.00. The van der Waals surface area contributed by atoms with Gasteiger partial charge in [-0.25, -0.2) is 0 Å². The van der Waals surface area contributed by atoms with E-state index in [0.717, 1.165) is 24.9 Å². The summed E-state index contributed by atoms with van der Waals surface area (Å²) in [5, 5.41) is 0. The van der Waals surface area contributed by atoms with Gasteiger partial charge in [0.05, 0.1) is 0 Å². The Morgan fingerprint density at radius 3 is 2.29 bits per heavy atom. The van der Waals surface area contributed by atoms with Gasteiger partial charge in [0.1, 0.15) is 0 Å². The molecule has 0 aromatic carbocycles. The molecule has 0 saturated heterocycles. The number of nitrogens with two attached hydrogens (primary N) is 1. The van der Waals surface area contributed by atoms with Crippen molar-refractivity contribution in [2.24, 2.45) is 17.6 Å². The van der Waals surface area contributed by atoms with Crippen LogP contribution in [-0.2, 0) is 0 Å². The second-order valence-electron chi connectivity index (χ2n) is 6.11. The van der Waals surface area contributed by atoms with Gasteiger partial charge in [-0.05, 0) is 24.8 Å². The second kappa shape index (κ2) is 8.10. The highest BCUT2D eigenvalue weighted by Crippen LogP contribution is 2.28. The molecule has 0 spiro atoms. The molecule has 0 amide bonds. The lowest BCUT2D eigenvalue weighted by atomic mass is 9.84. The summed E-state index contributed by atoms with van der Waals surface area (Å²) in [4.78, 5) is 2.60. The Morgan fingerprint density at radius 1 is 1.18 bits per heavy atom. The van der Waals surface area contributed by atoms with E-state index in [1.54, 1.807) is 0 Å². The minimum Gasteiger partial charge on any atom is -0.329 e. The van der Waals surface area contributed by atoms with Crippen LogP contribution in [0.3, 0.4) is 0 Å². The molecule has 2 nitrogen and oxygen atoms in total. The monoisotopic (exact) mass is 240 g/mol. The molecule has 0 aromatic rings. The van der Waals surface area contributed by atoms with E-state index in [-0.39, 0.29) is 0 Å². The Morgan fingerprint density at radius 2 is 1.82 bits per heavy atom. The third kappa shape index (κ3) is 5.39. The molecule has 2 N–H and O–H groups in total. The van der Waals surface area contributed by atoms with Crippen molar-refractivity contribution in [2.45, 2.75) is 65.3 Å². The maximum atomic E-state index is 6.00. The highest BCUT2D eigenvalue weighted by molar-refractivity contribution is 4.78. The molecule has 1 unspecified atom stereocenters. The van der Waals surface area contributed by atoms with Crippen molar-refractivity contribution in [3.63, 3.8) is 0 Å². The van der Waals surface area contributed by atoms with Crippen molar-refractivity contribution in [2.75, 3.05) is 19.6 Å². The fourth-order valence-corrected chi connectivity index (χ4v) is 3.21. The van der Waals surface area contributed by atoms with Gasteiger partial charge in [-0.1, -0.05) is 52.9 Å². The first-order valence-electron chi connectivity index (χ1n) is 7.61. The van der Waals surface area contributed by atoms with E-state index in [2.05, 4.69) is 25.7 Å². The van der Waals surface area contributed by atoms with Gasteiger partial charge >= 0.3 is 0 Å². The molecule has 0 aromatic heterocycles. The largest absolute Gasteiger partial charge is 0.329 e. The maximum Gasteiger partial charge on any atom is 0.0221 e. The van der Waals surface area contributed by atoms with E-state index >= 15 is 0 Å². The van der Waals surface area contributed by atoms with Crippen LogP contribution in [-0.4, -0.2) is 30.6 Å². The number of likely N-dealkylation sites (N-methyl/N-ethyl adjacent to an activating group) is 1. The van der Waals surface area contributed by atoms with Crippen LogP contribution in [0.4, 0.5) is 0 Å². The number of hydrogen-bond acceptors (Lipinski definition) is 2. The van der Waals surface area contributed by atoms with Crippen LogP contribution in [0.5, 0.6) is 0 Å². The van der Waals surface area contributed by atoms with Crippen LogP contribution in [0.2, 0.25) is 0 Å². The molecule has 1 aliphatic carbocycles. The van der Waals surface area contributed by atoms with E-state index in [0.29, 0.717) is 6.04 Å². The fourth-order valence-electron chi connectivity index (χ4n) is 3.21. The average Bonchev–Trinajstić information content (AvgIpc) is 2.34. The average molecular weight is 240 g/mol. The first kappa shape index (κ1) is 15.0. The molecule has 1 aliphatic rings. The molecule has 0 bridgehead atoms. The zero-order valence-corrected chi connectivity index (χ0v) is 12.1. The second-order valence-corrected chi connectivity index (χ2v) is 6.11. The summed E-state index contributed by atoms with van der Waals surface area (Å²) in [6, 6.07) is 0.616.